The maximum atomic E-state index is 12.8. The molecule has 0 aliphatic rings. The van der Waals surface area contributed by atoms with Gasteiger partial charge in [-0.1, -0.05) is 12.1 Å². The zero-order valence-corrected chi connectivity index (χ0v) is 11.4. The van der Waals surface area contributed by atoms with Crippen molar-refractivity contribution in [3.63, 3.8) is 0 Å². The summed E-state index contributed by atoms with van der Waals surface area (Å²) in [6.45, 7) is 1.02. The summed E-state index contributed by atoms with van der Waals surface area (Å²) in [6, 6.07) is 6.14. The summed E-state index contributed by atoms with van der Waals surface area (Å²) in [7, 11) is 1.54. The monoisotopic (exact) mass is 282 g/mol. The van der Waals surface area contributed by atoms with Gasteiger partial charge in [-0.15, -0.1) is 0 Å². The van der Waals surface area contributed by atoms with Crippen LogP contribution in [0, 0.1) is 5.82 Å². The van der Waals surface area contributed by atoms with E-state index < -0.39 is 5.97 Å². The second-order valence-corrected chi connectivity index (χ2v) is 4.47. The molecule has 0 bridgehead atoms. The van der Waals surface area contributed by atoms with Gasteiger partial charge in [0.25, 0.3) is 0 Å². The van der Waals surface area contributed by atoms with E-state index in [1.807, 2.05) is 0 Å². The molecule has 0 aliphatic heterocycles. The van der Waals surface area contributed by atoms with Gasteiger partial charge in [0.2, 0.25) is 5.91 Å². The molecule has 0 fully saturated rings. The molecule has 0 radical (unpaired) electrons. The van der Waals surface area contributed by atoms with Crippen LogP contribution in [-0.2, 0) is 16.0 Å². The molecule has 0 unspecified atom stereocenters. The fourth-order valence-electron chi connectivity index (χ4n) is 1.74. The number of benzene rings is 1. The number of carboxylic acid groups (broad SMARTS) is 1. The van der Waals surface area contributed by atoms with E-state index in [4.69, 9.17) is 5.11 Å². The molecule has 0 saturated heterocycles. The van der Waals surface area contributed by atoms with Gasteiger partial charge in [0, 0.05) is 20.1 Å². The lowest BCUT2D eigenvalue weighted by Gasteiger charge is -2.20. The van der Waals surface area contributed by atoms with Gasteiger partial charge in [-0.2, -0.15) is 0 Å². The molecule has 0 atom stereocenters. The van der Waals surface area contributed by atoms with E-state index in [-0.39, 0.29) is 24.7 Å². The number of carbonyl (C=O) groups is 2. The van der Waals surface area contributed by atoms with Gasteiger partial charge in [0.15, 0.2) is 0 Å². The molecule has 1 aromatic rings. The van der Waals surface area contributed by atoms with Gasteiger partial charge in [-0.05, 0) is 24.1 Å². The normalized spacial score (nSPS) is 10.6. The molecule has 0 aliphatic carbocycles. The van der Waals surface area contributed by atoms with Crippen molar-refractivity contribution in [2.45, 2.75) is 12.8 Å². The minimum absolute atomic E-state index is 0.0135. The lowest BCUT2D eigenvalue weighted by molar-refractivity contribution is -0.137. The van der Waals surface area contributed by atoms with Gasteiger partial charge >= 0.3 is 5.97 Å². The molecule has 0 heterocycles. The van der Waals surface area contributed by atoms with Crippen LogP contribution in [0.3, 0.4) is 0 Å². The van der Waals surface area contributed by atoms with Crippen LogP contribution in [0.2, 0.25) is 0 Å². The van der Waals surface area contributed by atoms with Crippen molar-refractivity contribution < 1.29 is 19.1 Å². The van der Waals surface area contributed by atoms with Crippen LogP contribution in [0.15, 0.2) is 24.3 Å². The highest BCUT2D eigenvalue weighted by molar-refractivity contribution is 5.77. The van der Waals surface area contributed by atoms with Crippen LogP contribution in [0.4, 0.5) is 4.39 Å². The maximum absolute atomic E-state index is 12.8. The molecule has 1 aromatic carbocycles. The number of nitrogens with zero attached hydrogens (tertiary/aromatic N) is 1. The van der Waals surface area contributed by atoms with Crippen molar-refractivity contribution in [1.29, 1.82) is 0 Å². The summed E-state index contributed by atoms with van der Waals surface area (Å²) in [4.78, 5) is 23.7. The van der Waals surface area contributed by atoms with Crippen molar-refractivity contribution in [3.8, 4) is 0 Å². The molecule has 0 saturated carbocycles. The number of amides is 1. The van der Waals surface area contributed by atoms with Gasteiger partial charge in [-0.25, -0.2) is 4.39 Å². The molecule has 1 rings (SSSR count). The number of hydrogen-bond acceptors (Lipinski definition) is 3. The van der Waals surface area contributed by atoms with E-state index in [0.717, 1.165) is 5.56 Å². The summed E-state index contributed by atoms with van der Waals surface area (Å²) in [5.74, 6) is -1.34. The molecule has 6 heteroatoms. The van der Waals surface area contributed by atoms with Crippen molar-refractivity contribution >= 4 is 11.9 Å². The SMILES string of the molecule is CNC(=O)CN(CCC(=O)O)CCc1ccc(F)cc1. The Morgan fingerprint density at radius 2 is 1.90 bits per heavy atom. The Morgan fingerprint density at radius 1 is 1.25 bits per heavy atom. The number of aliphatic carboxylic acids is 1. The highest BCUT2D eigenvalue weighted by atomic mass is 19.1. The van der Waals surface area contributed by atoms with Crippen molar-refractivity contribution in [1.82, 2.24) is 10.2 Å². The predicted octanol–water partition coefficient (Wildman–Crippen LogP) is 0.891. The minimum Gasteiger partial charge on any atom is -0.481 e. The average Bonchev–Trinajstić information content (AvgIpc) is 2.43. The molecule has 2 N–H and O–H groups in total. The first-order valence-corrected chi connectivity index (χ1v) is 6.40. The smallest absolute Gasteiger partial charge is 0.304 e. The van der Waals surface area contributed by atoms with Crippen molar-refractivity contribution in [2.75, 3.05) is 26.7 Å². The van der Waals surface area contributed by atoms with Crippen LogP contribution in [0.25, 0.3) is 0 Å². The quantitative estimate of drug-likeness (QED) is 0.743. The number of carbonyl (C=O) groups excluding carboxylic acids is 1. The summed E-state index contributed by atoms with van der Waals surface area (Å²) < 4.78 is 12.8. The van der Waals surface area contributed by atoms with E-state index in [1.165, 1.54) is 19.2 Å². The summed E-state index contributed by atoms with van der Waals surface area (Å²) in [5.41, 5.74) is 0.948. The van der Waals surface area contributed by atoms with Gasteiger partial charge in [-0.3, -0.25) is 14.5 Å². The van der Waals surface area contributed by atoms with Crippen LogP contribution >= 0.6 is 0 Å². The number of halogens is 1. The third-order valence-corrected chi connectivity index (χ3v) is 2.92. The summed E-state index contributed by atoms with van der Waals surface area (Å²) in [5, 5.41) is 11.2. The number of likely N-dealkylation sites (N-methyl/N-ethyl adjacent to an activating group) is 1. The number of hydrogen-bond donors (Lipinski definition) is 2. The molecule has 0 spiro atoms. The van der Waals surface area contributed by atoms with Gasteiger partial charge < -0.3 is 10.4 Å². The summed E-state index contributed by atoms with van der Waals surface area (Å²) in [6.07, 6.45) is 0.622. The molecule has 110 valence electrons. The topological polar surface area (TPSA) is 69.6 Å². The second-order valence-electron chi connectivity index (χ2n) is 4.47. The third kappa shape index (κ3) is 6.29. The first-order chi connectivity index (χ1) is 9.51. The lowest BCUT2D eigenvalue weighted by Crippen LogP contribution is -2.38. The maximum Gasteiger partial charge on any atom is 0.304 e. The Balaban J connectivity index is 2.51. The number of nitrogens with one attached hydrogen (secondary N) is 1. The van der Waals surface area contributed by atoms with Crippen molar-refractivity contribution in [2.24, 2.45) is 0 Å². The molecule has 1 amide bonds. The Morgan fingerprint density at radius 3 is 2.45 bits per heavy atom. The molecular formula is C14H19FN2O3. The third-order valence-electron chi connectivity index (χ3n) is 2.92. The predicted molar refractivity (Wildman–Crippen MR) is 72.9 cm³/mol. The van der Waals surface area contributed by atoms with E-state index >= 15 is 0 Å². The lowest BCUT2D eigenvalue weighted by atomic mass is 10.1. The second kappa shape index (κ2) is 8.27. The Bertz CT molecular complexity index is 448. The van der Waals surface area contributed by atoms with Crippen molar-refractivity contribution in [3.05, 3.63) is 35.6 Å². The zero-order valence-electron chi connectivity index (χ0n) is 11.4. The largest absolute Gasteiger partial charge is 0.481 e. The number of carboxylic acids is 1. The van der Waals surface area contributed by atoms with Gasteiger partial charge in [0.1, 0.15) is 5.82 Å². The Hall–Kier alpha value is -1.95. The Kier molecular flexibility index (Phi) is 6.66. The number of rotatable bonds is 8. The van der Waals surface area contributed by atoms with E-state index in [0.29, 0.717) is 19.5 Å². The Labute approximate surface area is 117 Å². The van der Waals surface area contributed by atoms with Crippen LogP contribution in [0.1, 0.15) is 12.0 Å². The summed E-state index contributed by atoms with van der Waals surface area (Å²) >= 11 is 0. The van der Waals surface area contributed by atoms with Crippen LogP contribution in [0.5, 0.6) is 0 Å². The van der Waals surface area contributed by atoms with E-state index in [2.05, 4.69) is 5.32 Å². The standard InChI is InChI=1S/C14H19FN2O3/c1-16-13(18)10-17(9-7-14(19)20)8-6-11-2-4-12(15)5-3-11/h2-5H,6-10H2,1H3,(H,16,18)(H,19,20). The minimum atomic E-state index is -0.895. The zero-order chi connectivity index (χ0) is 15.0. The molecule has 20 heavy (non-hydrogen) atoms. The molecule has 5 nitrogen and oxygen atoms in total. The highest BCUT2D eigenvalue weighted by Crippen LogP contribution is 2.05. The van der Waals surface area contributed by atoms with E-state index in [1.54, 1.807) is 17.0 Å². The fourth-order valence-corrected chi connectivity index (χ4v) is 1.74. The van der Waals surface area contributed by atoms with Crippen LogP contribution in [-0.4, -0.2) is 48.6 Å². The average molecular weight is 282 g/mol. The molecular weight excluding hydrogens is 263 g/mol. The molecule has 0 aromatic heterocycles. The highest BCUT2D eigenvalue weighted by Gasteiger charge is 2.11. The van der Waals surface area contributed by atoms with Gasteiger partial charge in [0.05, 0.1) is 13.0 Å². The fraction of sp³-hybridized carbons (Fsp3) is 0.429. The van der Waals surface area contributed by atoms with E-state index in [9.17, 15) is 14.0 Å². The first kappa shape index (κ1) is 16.1. The van der Waals surface area contributed by atoms with Crippen LogP contribution < -0.4 is 5.32 Å². The first-order valence-electron chi connectivity index (χ1n) is 6.40.